The Morgan fingerprint density at radius 2 is 1.71 bits per heavy atom. The molecule has 1 heterocycles. The van der Waals surface area contributed by atoms with E-state index in [1.807, 2.05) is 48.7 Å². The van der Waals surface area contributed by atoms with Crippen LogP contribution >= 0.6 is 11.6 Å². The highest BCUT2D eigenvalue weighted by Crippen LogP contribution is 2.27. The smallest absolute Gasteiger partial charge is 0.304 e. The summed E-state index contributed by atoms with van der Waals surface area (Å²) in [6, 6.07) is 22.3. The number of hydrogen-bond donors (Lipinski definition) is 2. The van der Waals surface area contributed by atoms with Crippen molar-refractivity contribution in [1.29, 1.82) is 0 Å². The van der Waals surface area contributed by atoms with Gasteiger partial charge in [-0.05, 0) is 48.5 Å². The lowest BCUT2D eigenvalue weighted by Crippen LogP contribution is -2.42. The van der Waals surface area contributed by atoms with Gasteiger partial charge in [0.1, 0.15) is 5.75 Å². The Bertz CT molecular complexity index is 1110. The second-order valence-corrected chi connectivity index (χ2v) is 7.54. The van der Waals surface area contributed by atoms with Crippen LogP contribution in [0.25, 0.3) is 0 Å². The van der Waals surface area contributed by atoms with E-state index in [0.29, 0.717) is 10.6 Å². The summed E-state index contributed by atoms with van der Waals surface area (Å²) in [5.74, 6) is 0.130. The third kappa shape index (κ3) is 4.59. The van der Waals surface area contributed by atoms with Gasteiger partial charge < -0.3 is 10.1 Å². The monoisotopic (exact) mass is 434 g/mol. The first-order valence-corrected chi connectivity index (χ1v) is 10.1. The number of rotatable bonds is 5. The number of carbonyl (C=O) groups excluding carboxylic acids is 2. The largest absolute Gasteiger partial charge is 0.497 e. The summed E-state index contributed by atoms with van der Waals surface area (Å²) in [5.41, 5.74) is 5.06. The Morgan fingerprint density at radius 3 is 2.35 bits per heavy atom. The van der Waals surface area contributed by atoms with E-state index >= 15 is 0 Å². The molecule has 31 heavy (non-hydrogen) atoms. The van der Waals surface area contributed by atoms with Crippen LogP contribution in [-0.4, -0.2) is 35.9 Å². The minimum atomic E-state index is -0.789. The number of hydrogen-bond acceptors (Lipinski definition) is 3. The molecule has 2 N–H and O–H groups in total. The van der Waals surface area contributed by atoms with E-state index in [1.54, 1.807) is 48.2 Å². The molecule has 1 aliphatic rings. The van der Waals surface area contributed by atoms with Crippen LogP contribution in [-0.2, 0) is 4.79 Å². The summed E-state index contributed by atoms with van der Waals surface area (Å²) < 4.78 is 6.92. The van der Waals surface area contributed by atoms with E-state index in [4.69, 9.17) is 16.3 Å². The molecule has 3 aromatic carbocycles. The lowest BCUT2D eigenvalue weighted by Gasteiger charge is -2.15. The van der Waals surface area contributed by atoms with Crippen LogP contribution in [0.4, 0.5) is 0 Å². The lowest BCUT2D eigenvalue weighted by molar-refractivity contribution is -0.596. The van der Waals surface area contributed by atoms with Gasteiger partial charge in [-0.1, -0.05) is 41.9 Å². The minimum absolute atomic E-state index is 0.297. The van der Waals surface area contributed by atoms with Gasteiger partial charge in [0.05, 0.1) is 7.11 Å². The van der Waals surface area contributed by atoms with Gasteiger partial charge in [0.2, 0.25) is 12.3 Å². The maximum atomic E-state index is 12.9. The first-order valence-electron chi connectivity index (χ1n) is 9.74. The van der Waals surface area contributed by atoms with Crippen LogP contribution in [0.5, 0.6) is 5.75 Å². The average Bonchev–Trinajstić information content (AvgIpc) is 3.10. The normalized spacial score (nSPS) is 19.2. The lowest BCUT2D eigenvalue weighted by atomic mass is 10.00. The average molecular weight is 435 g/mol. The maximum absolute atomic E-state index is 12.9. The molecule has 156 valence electrons. The van der Waals surface area contributed by atoms with E-state index in [9.17, 15) is 9.59 Å². The number of halogens is 1. The number of amides is 2. The molecule has 0 saturated carbocycles. The van der Waals surface area contributed by atoms with E-state index in [0.717, 1.165) is 16.9 Å². The third-order valence-electron chi connectivity index (χ3n) is 5.08. The Labute approximate surface area is 185 Å². The molecule has 1 saturated heterocycles. The molecular weight excluding hydrogens is 414 g/mol. The molecule has 0 spiro atoms. The second-order valence-electron chi connectivity index (χ2n) is 7.10. The number of nitrogens with zero attached hydrogens (tertiary/aromatic N) is 1. The van der Waals surface area contributed by atoms with Crippen molar-refractivity contribution in [3.8, 4) is 5.75 Å². The van der Waals surface area contributed by atoms with E-state index in [1.165, 1.54) is 0 Å². The number of hydrazine groups is 1. The van der Waals surface area contributed by atoms with Crippen molar-refractivity contribution < 1.29 is 19.0 Å². The van der Waals surface area contributed by atoms with Crippen LogP contribution in [0.2, 0.25) is 5.02 Å². The van der Waals surface area contributed by atoms with Crippen molar-refractivity contribution in [1.82, 2.24) is 10.7 Å². The van der Waals surface area contributed by atoms with Gasteiger partial charge in [0.25, 0.3) is 5.91 Å². The molecule has 2 amide bonds. The zero-order chi connectivity index (χ0) is 21.8. The maximum Gasteiger partial charge on any atom is 0.304 e. The quantitative estimate of drug-likeness (QED) is 0.605. The zero-order valence-corrected chi connectivity index (χ0v) is 17.5. The summed E-state index contributed by atoms with van der Waals surface area (Å²) in [6.07, 6.45) is 1.82. The molecule has 1 fully saturated rings. The summed E-state index contributed by atoms with van der Waals surface area (Å²) in [4.78, 5) is 25.6. The highest BCUT2D eigenvalue weighted by Gasteiger charge is 2.47. The molecule has 0 aromatic heterocycles. The molecule has 0 aliphatic carbocycles. The van der Waals surface area contributed by atoms with Crippen LogP contribution in [0.15, 0.2) is 78.9 Å². The zero-order valence-electron chi connectivity index (χ0n) is 16.8. The summed E-state index contributed by atoms with van der Waals surface area (Å²) in [6.45, 7) is 0. The van der Waals surface area contributed by atoms with Crippen LogP contribution in [0.1, 0.15) is 27.5 Å². The summed E-state index contributed by atoms with van der Waals surface area (Å²) in [5, 5.41) is 3.47. The van der Waals surface area contributed by atoms with Gasteiger partial charge in [-0.2, -0.15) is 0 Å². The van der Waals surface area contributed by atoms with E-state index < -0.39 is 12.1 Å². The first-order chi connectivity index (χ1) is 15.0. The van der Waals surface area contributed by atoms with Crippen LogP contribution in [0.3, 0.4) is 0 Å². The highest BCUT2D eigenvalue weighted by atomic mass is 35.5. The van der Waals surface area contributed by atoms with Crippen molar-refractivity contribution in [3.63, 3.8) is 0 Å². The van der Waals surface area contributed by atoms with Crippen molar-refractivity contribution in [2.45, 2.75) is 12.1 Å². The number of hydrazone groups is 1. The van der Waals surface area contributed by atoms with Crippen LogP contribution < -0.4 is 15.5 Å². The van der Waals surface area contributed by atoms with Crippen molar-refractivity contribution >= 4 is 29.6 Å². The molecule has 4 rings (SSSR count). The van der Waals surface area contributed by atoms with Crippen molar-refractivity contribution in [3.05, 3.63) is 101 Å². The van der Waals surface area contributed by atoms with Gasteiger partial charge in [0, 0.05) is 21.7 Å². The number of carbonyl (C=O) groups is 2. The summed E-state index contributed by atoms with van der Waals surface area (Å²) >= 11 is 6.06. The van der Waals surface area contributed by atoms with Gasteiger partial charge in [-0.15, -0.1) is 10.1 Å². The Balaban J connectivity index is 1.69. The number of benzene rings is 3. The van der Waals surface area contributed by atoms with Gasteiger partial charge in [-0.25, -0.2) is 0 Å². The minimum Gasteiger partial charge on any atom is -0.497 e. The number of methoxy groups -OCH3 is 1. The first kappa shape index (κ1) is 20.6. The van der Waals surface area contributed by atoms with Gasteiger partial charge >= 0.3 is 5.91 Å². The SMILES string of the molecule is COc1ccc(/C=[N+]2\NC(=O)[C@@H](NC(=O)c3ccccc3)[C@H]2c2ccc(Cl)cc2)cc1. The number of ether oxygens (including phenoxy) is 1. The van der Waals surface area contributed by atoms with E-state index in [2.05, 4.69) is 10.7 Å². The Hall–Kier alpha value is -3.64. The van der Waals surface area contributed by atoms with E-state index in [-0.39, 0.29) is 11.8 Å². The molecule has 0 radical (unpaired) electrons. The summed E-state index contributed by atoms with van der Waals surface area (Å²) in [7, 11) is 1.61. The molecule has 7 heteroatoms. The third-order valence-corrected chi connectivity index (χ3v) is 5.33. The standard InChI is InChI=1S/C24H20ClN3O3/c1-31-20-13-7-16(8-14-20)15-28-22(17-9-11-19(25)12-10-17)21(24(30)27-28)26-23(29)18-5-3-2-4-6-18/h2-15,21-22H,1H3,(H-,26,27,29,30)/p+1/b28-15-/t21-,22+/m0/s1. The van der Waals surface area contributed by atoms with Crippen molar-refractivity contribution in [2.75, 3.05) is 7.11 Å². The molecular formula is C24H21ClN3O3+. The predicted octanol–water partition coefficient (Wildman–Crippen LogP) is 3.36. The molecule has 2 atom stereocenters. The van der Waals surface area contributed by atoms with Crippen molar-refractivity contribution in [2.24, 2.45) is 0 Å². The highest BCUT2D eigenvalue weighted by molar-refractivity contribution is 6.30. The number of nitrogens with one attached hydrogen (secondary N) is 2. The molecule has 3 aromatic rings. The fourth-order valence-electron chi connectivity index (χ4n) is 3.51. The fourth-order valence-corrected chi connectivity index (χ4v) is 3.63. The predicted molar refractivity (Wildman–Crippen MR) is 118 cm³/mol. The molecule has 0 unspecified atom stereocenters. The van der Waals surface area contributed by atoms with Gasteiger partial charge in [0.15, 0.2) is 6.04 Å². The molecule has 6 nitrogen and oxygen atoms in total. The topological polar surface area (TPSA) is 70.4 Å². The Kier molecular flexibility index (Phi) is 6.00. The second kappa shape index (κ2) is 9.02. The van der Waals surface area contributed by atoms with Crippen LogP contribution in [0, 0.1) is 0 Å². The molecule has 1 aliphatic heterocycles. The fraction of sp³-hybridized carbons (Fsp3) is 0.125. The molecule has 0 bridgehead atoms. The van der Waals surface area contributed by atoms with Gasteiger partial charge in [-0.3, -0.25) is 9.59 Å². The Morgan fingerprint density at radius 1 is 1.03 bits per heavy atom.